The number of anilines is 1. The molecule has 0 atom stereocenters. The molecular weight excluding hydrogens is 482 g/mol. The van der Waals surface area contributed by atoms with Crippen molar-refractivity contribution in [3.63, 3.8) is 0 Å². The normalized spacial score (nSPS) is 15.1. The molecule has 2 heterocycles. The molecular formula is C23H24ClN3O4S2. The van der Waals surface area contributed by atoms with Crippen LogP contribution in [0.3, 0.4) is 0 Å². The zero-order valence-corrected chi connectivity index (χ0v) is 20.7. The van der Waals surface area contributed by atoms with E-state index >= 15 is 0 Å². The molecule has 1 aliphatic rings. The fourth-order valence-corrected chi connectivity index (χ4v) is 6.88. The number of aryl methyl sites for hydroxylation is 2. The van der Waals surface area contributed by atoms with Gasteiger partial charge in [-0.3, -0.25) is 10.1 Å². The number of piperidine rings is 1. The largest absolute Gasteiger partial charge is 0.348 e. The van der Waals surface area contributed by atoms with E-state index in [1.165, 1.54) is 28.8 Å². The topological polar surface area (TPSA) is 93.4 Å². The maximum atomic E-state index is 13.1. The Bertz CT molecular complexity index is 1300. The van der Waals surface area contributed by atoms with E-state index in [0.29, 0.717) is 25.9 Å². The van der Waals surface area contributed by atoms with Gasteiger partial charge in [-0.05, 0) is 49.9 Å². The van der Waals surface area contributed by atoms with Crippen molar-refractivity contribution in [2.75, 3.05) is 18.0 Å². The number of rotatable bonds is 6. The Morgan fingerprint density at radius 1 is 1.18 bits per heavy atom. The Morgan fingerprint density at radius 3 is 2.61 bits per heavy atom. The number of nitro groups is 1. The van der Waals surface area contributed by atoms with E-state index in [9.17, 15) is 18.5 Å². The van der Waals surface area contributed by atoms with Gasteiger partial charge in [0.1, 0.15) is 5.02 Å². The van der Waals surface area contributed by atoms with Gasteiger partial charge in [0, 0.05) is 31.0 Å². The first kappa shape index (κ1) is 23.7. The predicted octanol–water partition coefficient (Wildman–Crippen LogP) is 5.36. The smallest absolute Gasteiger partial charge is 0.289 e. The van der Waals surface area contributed by atoms with Crippen LogP contribution in [-0.4, -0.2) is 36.7 Å². The van der Waals surface area contributed by atoms with E-state index in [4.69, 9.17) is 16.6 Å². The summed E-state index contributed by atoms with van der Waals surface area (Å²) in [6.45, 7) is 5.31. The van der Waals surface area contributed by atoms with E-state index in [2.05, 4.69) is 42.3 Å². The van der Waals surface area contributed by atoms with Gasteiger partial charge in [-0.15, -0.1) is 11.3 Å². The molecule has 0 N–H and O–H groups in total. The van der Waals surface area contributed by atoms with E-state index in [1.54, 1.807) is 11.3 Å². The molecule has 10 heteroatoms. The SMILES string of the molecule is Cc1ccc(C)c(Cc2csc(N3CCC(S(=O)(=O)c4ccc(Cl)c([N+](=O)[O-])c4)CC3)n2)c1. The first-order valence-corrected chi connectivity index (χ1v) is 13.4. The maximum Gasteiger partial charge on any atom is 0.289 e. The van der Waals surface area contributed by atoms with Crippen LogP contribution in [0.5, 0.6) is 0 Å². The Balaban J connectivity index is 1.43. The second-order valence-electron chi connectivity index (χ2n) is 8.33. The van der Waals surface area contributed by atoms with Gasteiger partial charge in [0.15, 0.2) is 15.0 Å². The molecule has 1 fully saturated rings. The molecule has 0 amide bonds. The van der Waals surface area contributed by atoms with Gasteiger partial charge in [-0.1, -0.05) is 35.4 Å². The van der Waals surface area contributed by atoms with Gasteiger partial charge in [0.25, 0.3) is 5.69 Å². The van der Waals surface area contributed by atoms with Crippen molar-refractivity contribution in [2.24, 2.45) is 0 Å². The molecule has 7 nitrogen and oxygen atoms in total. The summed E-state index contributed by atoms with van der Waals surface area (Å²) >= 11 is 7.41. The van der Waals surface area contributed by atoms with E-state index in [1.807, 2.05) is 0 Å². The summed E-state index contributed by atoms with van der Waals surface area (Å²) in [6, 6.07) is 10.1. The molecule has 2 aromatic carbocycles. The minimum atomic E-state index is -3.69. The van der Waals surface area contributed by atoms with Crippen LogP contribution < -0.4 is 4.90 Å². The number of halogens is 1. The van der Waals surface area contributed by atoms with Crippen molar-refractivity contribution in [2.45, 2.75) is 43.3 Å². The summed E-state index contributed by atoms with van der Waals surface area (Å²) in [5.41, 5.74) is 4.33. The molecule has 33 heavy (non-hydrogen) atoms. The predicted molar refractivity (Wildman–Crippen MR) is 131 cm³/mol. The number of aromatic nitrogens is 1. The molecule has 1 aromatic heterocycles. The van der Waals surface area contributed by atoms with Crippen molar-refractivity contribution < 1.29 is 13.3 Å². The molecule has 0 bridgehead atoms. The standard InChI is InChI=1S/C23H24ClN3O4S2/c1-15-3-4-16(2)17(11-15)12-18-14-32-23(25-18)26-9-7-19(8-10-26)33(30,31)20-5-6-21(24)22(13-20)27(28)29/h3-6,11,13-14,19H,7-10,12H2,1-2H3. The summed E-state index contributed by atoms with van der Waals surface area (Å²) in [6.07, 6.45) is 1.64. The Kier molecular flexibility index (Phi) is 6.74. The fourth-order valence-electron chi connectivity index (χ4n) is 4.07. The van der Waals surface area contributed by atoms with Crippen LogP contribution in [0.2, 0.25) is 5.02 Å². The first-order chi connectivity index (χ1) is 15.6. The second kappa shape index (κ2) is 9.40. The zero-order valence-electron chi connectivity index (χ0n) is 18.3. The van der Waals surface area contributed by atoms with Crippen LogP contribution in [0.4, 0.5) is 10.8 Å². The average Bonchev–Trinajstić information content (AvgIpc) is 3.25. The first-order valence-electron chi connectivity index (χ1n) is 10.6. The van der Waals surface area contributed by atoms with Crippen molar-refractivity contribution >= 4 is 43.6 Å². The minimum Gasteiger partial charge on any atom is -0.348 e. The number of hydrogen-bond donors (Lipinski definition) is 0. The van der Waals surface area contributed by atoms with Crippen molar-refractivity contribution in [3.8, 4) is 0 Å². The van der Waals surface area contributed by atoms with Gasteiger partial charge in [0.05, 0.1) is 20.8 Å². The second-order valence-corrected chi connectivity index (χ2v) is 11.8. The lowest BCUT2D eigenvalue weighted by Crippen LogP contribution is -2.39. The molecule has 0 spiro atoms. The number of thiazole rings is 1. The van der Waals surface area contributed by atoms with Gasteiger partial charge in [-0.2, -0.15) is 0 Å². The highest BCUT2D eigenvalue weighted by molar-refractivity contribution is 7.92. The van der Waals surface area contributed by atoms with Gasteiger partial charge >= 0.3 is 0 Å². The van der Waals surface area contributed by atoms with Crippen LogP contribution in [0, 0.1) is 24.0 Å². The number of hydrogen-bond acceptors (Lipinski definition) is 7. The quantitative estimate of drug-likeness (QED) is 0.331. The highest BCUT2D eigenvalue weighted by Gasteiger charge is 2.33. The Hall–Kier alpha value is -2.49. The van der Waals surface area contributed by atoms with Crippen LogP contribution in [0.1, 0.15) is 35.2 Å². The fraction of sp³-hybridized carbons (Fsp3) is 0.348. The number of benzene rings is 2. The summed E-state index contributed by atoms with van der Waals surface area (Å²) in [5, 5.41) is 13.4. The highest BCUT2D eigenvalue weighted by atomic mass is 35.5. The molecule has 0 saturated carbocycles. The molecule has 174 valence electrons. The van der Waals surface area contributed by atoms with Crippen LogP contribution >= 0.6 is 22.9 Å². The van der Waals surface area contributed by atoms with Gasteiger partial charge in [-0.25, -0.2) is 13.4 Å². The molecule has 0 radical (unpaired) electrons. The molecule has 0 aliphatic carbocycles. The molecule has 4 rings (SSSR count). The Labute approximate surface area is 202 Å². The van der Waals surface area contributed by atoms with Crippen LogP contribution in [0.15, 0.2) is 46.7 Å². The zero-order chi connectivity index (χ0) is 23.8. The monoisotopic (exact) mass is 505 g/mol. The lowest BCUT2D eigenvalue weighted by atomic mass is 10.0. The molecule has 1 saturated heterocycles. The average molecular weight is 506 g/mol. The van der Waals surface area contributed by atoms with Crippen LogP contribution in [-0.2, 0) is 16.3 Å². The molecule has 3 aromatic rings. The third-order valence-electron chi connectivity index (χ3n) is 6.01. The van der Waals surface area contributed by atoms with Crippen LogP contribution in [0.25, 0.3) is 0 Å². The Morgan fingerprint density at radius 2 is 1.91 bits per heavy atom. The summed E-state index contributed by atoms with van der Waals surface area (Å²) < 4.78 is 26.2. The number of nitro benzene ring substituents is 1. The summed E-state index contributed by atoms with van der Waals surface area (Å²) in [7, 11) is -3.69. The summed E-state index contributed by atoms with van der Waals surface area (Å²) in [5.74, 6) is 0. The van der Waals surface area contributed by atoms with Crippen molar-refractivity contribution in [1.29, 1.82) is 0 Å². The summed E-state index contributed by atoms with van der Waals surface area (Å²) in [4.78, 5) is 17.3. The van der Waals surface area contributed by atoms with Crippen molar-refractivity contribution in [1.82, 2.24) is 4.98 Å². The van der Waals surface area contributed by atoms with E-state index < -0.39 is 25.7 Å². The lowest BCUT2D eigenvalue weighted by Gasteiger charge is -2.31. The van der Waals surface area contributed by atoms with E-state index in [0.717, 1.165) is 23.3 Å². The highest BCUT2D eigenvalue weighted by Crippen LogP contribution is 2.33. The minimum absolute atomic E-state index is 0.0536. The van der Waals surface area contributed by atoms with Gasteiger partial charge < -0.3 is 4.90 Å². The van der Waals surface area contributed by atoms with Gasteiger partial charge in [0.2, 0.25) is 0 Å². The number of sulfone groups is 1. The van der Waals surface area contributed by atoms with E-state index in [-0.39, 0.29) is 9.92 Å². The third-order valence-corrected chi connectivity index (χ3v) is 9.54. The lowest BCUT2D eigenvalue weighted by molar-refractivity contribution is -0.384. The third kappa shape index (κ3) is 5.05. The molecule has 1 aliphatic heterocycles. The maximum absolute atomic E-state index is 13.1. The number of nitrogens with zero attached hydrogens (tertiary/aromatic N) is 3. The van der Waals surface area contributed by atoms with Crippen molar-refractivity contribution in [3.05, 3.63) is 79.3 Å². The molecule has 0 unspecified atom stereocenters.